The molecule has 0 aliphatic carbocycles. The Morgan fingerprint density at radius 2 is 1.97 bits per heavy atom. The molecule has 4 heterocycles. The number of aromatic nitrogens is 1. The molecule has 4 unspecified atom stereocenters. The van der Waals surface area contributed by atoms with Crippen molar-refractivity contribution in [2.45, 2.75) is 31.5 Å². The predicted octanol–water partition coefficient (Wildman–Crippen LogP) is 1.79. The maximum atomic E-state index is 11.7. The molecule has 1 N–H and O–H groups in total. The van der Waals surface area contributed by atoms with Crippen LogP contribution in [0.25, 0.3) is 10.9 Å². The molecule has 0 radical (unpaired) electrons. The summed E-state index contributed by atoms with van der Waals surface area (Å²) >= 11 is 0. The Hall–Kier alpha value is -2.61. The van der Waals surface area contributed by atoms with E-state index in [9.17, 15) is 15.2 Å². The molecule has 0 spiro atoms. The standard InChI is InChI=1S/C26H28N3O3.BrH/c1-2-19-17-29(16-18-7-9-21(10-8-18)28(31)32)14-12-20(19)15-25(29)26(30)23-11-13-27-24-6-4-3-5-22(23)24;/h2-11,13,19-20,25-26,30H,1,12,14-17H2;1H/q+1;/p-1/t19?,20?,25?,26-,29?;/m1./s1. The van der Waals surface area contributed by atoms with Crippen molar-refractivity contribution in [1.29, 1.82) is 0 Å². The van der Waals surface area contributed by atoms with Crippen molar-refractivity contribution in [3.8, 4) is 0 Å². The number of aliphatic hydroxyl groups excluding tert-OH is 1. The second kappa shape index (κ2) is 9.33. The summed E-state index contributed by atoms with van der Waals surface area (Å²) in [5, 5.41) is 23.8. The molecule has 3 aliphatic heterocycles. The van der Waals surface area contributed by atoms with Gasteiger partial charge < -0.3 is 26.6 Å². The van der Waals surface area contributed by atoms with Crippen molar-refractivity contribution < 1.29 is 31.5 Å². The number of rotatable bonds is 6. The van der Waals surface area contributed by atoms with E-state index in [0.717, 1.165) is 59.0 Å². The Labute approximate surface area is 204 Å². The number of para-hydroxylation sites is 1. The number of hydrogen-bond donors (Lipinski definition) is 1. The van der Waals surface area contributed by atoms with Crippen LogP contribution in [0, 0.1) is 22.0 Å². The molecule has 6 nitrogen and oxygen atoms in total. The molecule has 3 saturated heterocycles. The lowest BCUT2D eigenvalue weighted by atomic mass is 9.71. The predicted molar refractivity (Wildman–Crippen MR) is 124 cm³/mol. The lowest BCUT2D eigenvalue weighted by Crippen LogP contribution is -3.00. The molecular formula is C26H28BrN3O3. The van der Waals surface area contributed by atoms with Gasteiger partial charge in [-0.15, -0.1) is 6.58 Å². The highest BCUT2D eigenvalue weighted by molar-refractivity contribution is 5.82. The third-order valence-electron chi connectivity index (χ3n) is 7.69. The molecule has 3 aromatic rings. The summed E-state index contributed by atoms with van der Waals surface area (Å²) in [5.74, 6) is 0.969. The van der Waals surface area contributed by atoms with Crippen LogP contribution in [0.5, 0.6) is 0 Å². The van der Waals surface area contributed by atoms with Gasteiger partial charge in [0, 0.05) is 48.0 Å². The van der Waals surface area contributed by atoms with Gasteiger partial charge in [-0.2, -0.15) is 0 Å². The Morgan fingerprint density at radius 3 is 2.70 bits per heavy atom. The average molecular weight is 510 g/mol. The maximum absolute atomic E-state index is 11.7. The van der Waals surface area contributed by atoms with E-state index in [1.165, 1.54) is 0 Å². The molecule has 2 aromatic carbocycles. The molecule has 6 rings (SSSR count). The van der Waals surface area contributed by atoms with E-state index < -0.39 is 6.10 Å². The normalized spacial score (nSPS) is 27.0. The maximum Gasteiger partial charge on any atom is 0.269 e. The summed E-state index contributed by atoms with van der Waals surface area (Å²) in [6.45, 7) is 6.77. The zero-order valence-corrected chi connectivity index (χ0v) is 20.0. The van der Waals surface area contributed by atoms with E-state index in [-0.39, 0.29) is 33.6 Å². The van der Waals surface area contributed by atoms with Gasteiger partial charge in [0.15, 0.2) is 0 Å². The van der Waals surface area contributed by atoms with Gasteiger partial charge in [-0.1, -0.05) is 24.3 Å². The number of pyridine rings is 1. The minimum absolute atomic E-state index is 0. The fourth-order valence-electron chi connectivity index (χ4n) is 6.05. The number of halogens is 1. The highest BCUT2D eigenvalue weighted by Gasteiger charge is 2.54. The van der Waals surface area contributed by atoms with Crippen LogP contribution in [-0.2, 0) is 6.54 Å². The van der Waals surface area contributed by atoms with Crippen LogP contribution in [0.15, 0.2) is 73.4 Å². The molecule has 3 aliphatic rings. The van der Waals surface area contributed by atoms with E-state index in [1.807, 2.05) is 42.5 Å². The number of nitro benzene ring substituents is 1. The van der Waals surface area contributed by atoms with Crippen LogP contribution in [0.4, 0.5) is 5.69 Å². The van der Waals surface area contributed by atoms with Gasteiger partial charge in [0.2, 0.25) is 0 Å². The topological polar surface area (TPSA) is 76.3 Å². The fraction of sp³-hybridized carbons (Fsp3) is 0.346. The van der Waals surface area contributed by atoms with E-state index in [1.54, 1.807) is 18.3 Å². The first kappa shape index (κ1) is 23.5. The number of piperidine rings is 3. The van der Waals surface area contributed by atoms with E-state index in [4.69, 9.17) is 0 Å². The molecule has 0 saturated carbocycles. The SMILES string of the molecule is C=CC1C[N+]2(Cc3ccc([N+](=O)[O-])cc3)CCC1CC2[C@H](O)c1ccnc2ccccc12.[Br-]. The number of benzene rings is 2. The minimum Gasteiger partial charge on any atom is -1.00 e. The second-order valence-electron chi connectivity index (χ2n) is 9.32. The monoisotopic (exact) mass is 509 g/mol. The van der Waals surface area contributed by atoms with Crippen LogP contribution in [0.3, 0.4) is 0 Å². The minimum atomic E-state index is -0.602. The summed E-state index contributed by atoms with van der Waals surface area (Å²) in [6, 6.07) is 16.9. The number of aliphatic hydroxyl groups is 1. The van der Waals surface area contributed by atoms with Gasteiger partial charge in [0.1, 0.15) is 18.7 Å². The van der Waals surface area contributed by atoms with Gasteiger partial charge in [0.25, 0.3) is 5.69 Å². The van der Waals surface area contributed by atoms with Crippen molar-refractivity contribution in [2.75, 3.05) is 13.1 Å². The lowest BCUT2D eigenvalue weighted by molar-refractivity contribution is -0.984. The number of non-ortho nitro benzene ring substituents is 1. The summed E-state index contributed by atoms with van der Waals surface area (Å²) < 4.78 is 0.781. The molecular weight excluding hydrogens is 482 g/mol. The molecule has 172 valence electrons. The van der Waals surface area contributed by atoms with Gasteiger partial charge in [0.05, 0.1) is 23.5 Å². The third kappa shape index (κ3) is 4.21. The van der Waals surface area contributed by atoms with Gasteiger partial charge in [-0.3, -0.25) is 15.1 Å². The molecule has 1 aromatic heterocycles. The quantitative estimate of drug-likeness (QED) is 0.238. The van der Waals surface area contributed by atoms with Crippen LogP contribution in [0.1, 0.15) is 30.1 Å². The third-order valence-corrected chi connectivity index (χ3v) is 7.69. The van der Waals surface area contributed by atoms with Crippen molar-refractivity contribution >= 4 is 16.6 Å². The molecule has 33 heavy (non-hydrogen) atoms. The summed E-state index contributed by atoms with van der Waals surface area (Å²) in [6.07, 6.45) is 5.32. The van der Waals surface area contributed by atoms with Crippen molar-refractivity contribution in [1.82, 2.24) is 4.98 Å². The number of hydrogen-bond acceptors (Lipinski definition) is 4. The number of quaternary nitrogens is 1. The second-order valence-corrected chi connectivity index (χ2v) is 9.32. The molecule has 0 amide bonds. The van der Waals surface area contributed by atoms with Gasteiger partial charge in [-0.05, 0) is 35.7 Å². The summed E-state index contributed by atoms with van der Waals surface area (Å²) in [4.78, 5) is 15.2. The van der Waals surface area contributed by atoms with Crippen LogP contribution in [0.2, 0.25) is 0 Å². The van der Waals surface area contributed by atoms with E-state index >= 15 is 0 Å². The summed E-state index contributed by atoms with van der Waals surface area (Å²) in [7, 11) is 0. The van der Waals surface area contributed by atoms with E-state index in [2.05, 4.69) is 17.6 Å². The van der Waals surface area contributed by atoms with Crippen molar-refractivity contribution in [3.63, 3.8) is 0 Å². The van der Waals surface area contributed by atoms with Crippen LogP contribution in [-0.4, -0.2) is 38.6 Å². The summed E-state index contributed by atoms with van der Waals surface area (Å²) in [5.41, 5.74) is 3.00. The Balaban J connectivity index is 0.00000259. The molecule has 7 heteroatoms. The van der Waals surface area contributed by atoms with Gasteiger partial charge >= 0.3 is 0 Å². The first-order valence-corrected chi connectivity index (χ1v) is 11.2. The van der Waals surface area contributed by atoms with Crippen LogP contribution >= 0.6 is 0 Å². The highest BCUT2D eigenvalue weighted by atomic mass is 79.9. The molecule has 3 fully saturated rings. The Bertz CT molecular complexity index is 1160. The lowest BCUT2D eigenvalue weighted by Gasteiger charge is -2.58. The highest BCUT2D eigenvalue weighted by Crippen LogP contribution is 2.48. The number of fused-ring (bicyclic) bond motifs is 4. The Kier molecular flexibility index (Phi) is 6.66. The van der Waals surface area contributed by atoms with Crippen molar-refractivity contribution in [3.05, 3.63) is 94.7 Å². The number of nitro groups is 1. The molecule has 2 bridgehead atoms. The smallest absolute Gasteiger partial charge is 0.269 e. The average Bonchev–Trinajstić information content (AvgIpc) is 2.83. The fourth-order valence-corrected chi connectivity index (χ4v) is 6.05. The van der Waals surface area contributed by atoms with Gasteiger partial charge in [-0.25, -0.2) is 0 Å². The zero-order valence-electron chi connectivity index (χ0n) is 18.4. The first-order chi connectivity index (χ1) is 15.5. The van der Waals surface area contributed by atoms with Crippen LogP contribution < -0.4 is 17.0 Å². The zero-order chi connectivity index (χ0) is 22.3. The Morgan fingerprint density at radius 1 is 1.21 bits per heavy atom. The largest absolute Gasteiger partial charge is 1.00 e. The van der Waals surface area contributed by atoms with Crippen molar-refractivity contribution in [2.24, 2.45) is 11.8 Å². The number of nitrogens with zero attached hydrogens (tertiary/aromatic N) is 3. The first-order valence-electron chi connectivity index (χ1n) is 11.2. The molecule has 5 atom stereocenters. The van der Waals surface area contributed by atoms with E-state index in [0.29, 0.717) is 11.8 Å².